The first-order valence-corrected chi connectivity index (χ1v) is 9.99. The maximum atomic E-state index is 12.6. The Morgan fingerprint density at radius 2 is 1.79 bits per heavy atom. The van der Waals surface area contributed by atoms with E-state index in [-0.39, 0.29) is 11.8 Å². The number of aromatic hydroxyl groups is 1. The predicted molar refractivity (Wildman–Crippen MR) is 111 cm³/mol. The molecule has 0 radical (unpaired) electrons. The van der Waals surface area contributed by atoms with Gasteiger partial charge in [-0.05, 0) is 49.7 Å². The number of nitrogens with zero attached hydrogens (tertiary/aromatic N) is 1. The minimum atomic E-state index is -0.411. The Morgan fingerprint density at radius 1 is 1.07 bits per heavy atom. The average molecular weight is 386 g/mol. The Bertz CT molecular complexity index is 729. The maximum absolute atomic E-state index is 12.6. The van der Waals surface area contributed by atoms with Gasteiger partial charge < -0.3 is 14.6 Å². The quantitative estimate of drug-likeness (QED) is 0.585. The molecular formula is C23H31NO4. The summed E-state index contributed by atoms with van der Waals surface area (Å²) in [6.07, 6.45) is 1.63. The van der Waals surface area contributed by atoms with E-state index in [1.165, 1.54) is 17.7 Å². The largest absolute Gasteiger partial charge is 0.504 e. The lowest BCUT2D eigenvalue weighted by molar-refractivity contribution is 0.0359. The molecule has 1 N–H and O–H groups in total. The van der Waals surface area contributed by atoms with Crippen molar-refractivity contribution >= 4 is 5.97 Å². The summed E-state index contributed by atoms with van der Waals surface area (Å²) >= 11 is 0. The number of carbonyl (C=O) groups excluding carboxylic acids is 1. The van der Waals surface area contributed by atoms with Crippen LogP contribution >= 0.6 is 0 Å². The molecule has 0 aliphatic carbocycles. The highest BCUT2D eigenvalue weighted by atomic mass is 16.5. The van der Waals surface area contributed by atoms with E-state index in [0.29, 0.717) is 24.5 Å². The molecule has 0 spiro atoms. The van der Waals surface area contributed by atoms with Crippen molar-refractivity contribution in [2.24, 2.45) is 0 Å². The third-order valence-electron chi connectivity index (χ3n) is 4.71. The number of phenolic OH excluding ortho intramolecular Hbond substituents is 1. The van der Waals surface area contributed by atoms with Crippen molar-refractivity contribution in [3.05, 3.63) is 59.7 Å². The van der Waals surface area contributed by atoms with Gasteiger partial charge in [-0.3, -0.25) is 4.90 Å². The molecule has 2 rings (SSSR count). The molecule has 0 aromatic heterocycles. The minimum Gasteiger partial charge on any atom is -0.504 e. The van der Waals surface area contributed by atoms with Gasteiger partial charge in [0.2, 0.25) is 0 Å². The molecule has 0 aliphatic rings. The summed E-state index contributed by atoms with van der Waals surface area (Å²) in [7, 11) is 0. The molecule has 0 heterocycles. The van der Waals surface area contributed by atoms with Crippen LogP contribution in [0, 0.1) is 0 Å². The zero-order valence-corrected chi connectivity index (χ0v) is 17.1. The molecule has 0 unspecified atom stereocenters. The summed E-state index contributed by atoms with van der Waals surface area (Å²) in [6.45, 7) is 8.77. The second-order valence-corrected chi connectivity index (χ2v) is 6.69. The third kappa shape index (κ3) is 6.27. The van der Waals surface area contributed by atoms with E-state index in [9.17, 15) is 9.90 Å². The highest BCUT2D eigenvalue weighted by Crippen LogP contribution is 2.27. The zero-order valence-electron chi connectivity index (χ0n) is 17.1. The van der Waals surface area contributed by atoms with Crippen LogP contribution in [0.2, 0.25) is 0 Å². The molecule has 0 bridgehead atoms. The molecule has 2 aromatic rings. The maximum Gasteiger partial charge on any atom is 0.338 e. The lowest BCUT2D eigenvalue weighted by atomic mass is 10.1. The second-order valence-electron chi connectivity index (χ2n) is 6.69. The van der Waals surface area contributed by atoms with Crippen molar-refractivity contribution in [2.75, 3.05) is 26.3 Å². The molecule has 0 saturated carbocycles. The van der Waals surface area contributed by atoms with Gasteiger partial charge in [-0.15, -0.1) is 0 Å². The molecule has 0 amide bonds. The molecule has 0 fully saturated rings. The van der Waals surface area contributed by atoms with Crippen LogP contribution in [-0.2, 0) is 11.2 Å². The molecule has 0 saturated heterocycles. The summed E-state index contributed by atoms with van der Waals surface area (Å²) in [5.74, 6) is -0.0810. The fraction of sp³-hybridized carbons (Fsp3) is 0.435. The lowest BCUT2D eigenvalue weighted by Gasteiger charge is -2.29. The van der Waals surface area contributed by atoms with Gasteiger partial charge in [0.05, 0.1) is 12.2 Å². The van der Waals surface area contributed by atoms with Gasteiger partial charge in [0.1, 0.15) is 6.61 Å². The fourth-order valence-corrected chi connectivity index (χ4v) is 3.14. The van der Waals surface area contributed by atoms with Crippen LogP contribution in [0.1, 0.15) is 43.1 Å². The monoisotopic (exact) mass is 385 g/mol. The molecule has 0 aliphatic heterocycles. The summed E-state index contributed by atoms with van der Waals surface area (Å²) in [5.41, 5.74) is 1.59. The SMILES string of the molecule is CCCOc1cc(C(=O)OC[C@H](Cc2ccccc2)N(CC)CC)ccc1O. The van der Waals surface area contributed by atoms with E-state index in [2.05, 4.69) is 30.9 Å². The number of hydrogen-bond acceptors (Lipinski definition) is 5. The zero-order chi connectivity index (χ0) is 20.4. The second kappa shape index (κ2) is 11.3. The molecule has 5 nitrogen and oxygen atoms in total. The van der Waals surface area contributed by atoms with Crippen LogP contribution in [0.3, 0.4) is 0 Å². The number of ether oxygens (including phenoxy) is 2. The Balaban J connectivity index is 2.06. The summed E-state index contributed by atoms with van der Waals surface area (Å²) in [6, 6.07) is 14.9. The van der Waals surface area contributed by atoms with Gasteiger partial charge in [-0.2, -0.15) is 0 Å². The van der Waals surface area contributed by atoms with Crippen LogP contribution in [0.5, 0.6) is 11.5 Å². The van der Waals surface area contributed by atoms with Crippen molar-refractivity contribution < 1.29 is 19.4 Å². The third-order valence-corrected chi connectivity index (χ3v) is 4.71. The van der Waals surface area contributed by atoms with Crippen LogP contribution in [0.4, 0.5) is 0 Å². The Hall–Kier alpha value is -2.53. The van der Waals surface area contributed by atoms with E-state index >= 15 is 0 Å². The first kappa shape index (κ1) is 21.8. The number of benzene rings is 2. The van der Waals surface area contributed by atoms with Gasteiger partial charge in [0, 0.05) is 6.04 Å². The van der Waals surface area contributed by atoms with E-state index < -0.39 is 5.97 Å². The van der Waals surface area contributed by atoms with E-state index in [0.717, 1.165) is 25.9 Å². The number of esters is 1. The van der Waals surface area contributed by atoms with Crippen LogP contribution in [0.15, 0.2) is 48.5 Å². The Kier molecular flexibility index (Phi) is 8.82. The molecule has 2 aromatic carbocycles. The number of hydrogen-bond donors (Lipinski definition) is 1. The van der Waals surface area contributed by atoms with Crippen molar-refractivity contribution in [3.8, 4) is 11.5 Å². The Labute approximate surface area is 167 Å². The van der Waals surface area contributed by atoms with E-state index in [1.54, 1.807) is 6.07 Å². The van der Waals surface area contributed by atoms with Crippen molar-refractivity contribution in [3.63, 3.8) is 0 Å². The highest BCUT2D eigenvalue weighted by Gasteiger charge is 2.20. The number of rotatable bonds is 11. The number of phenols is 1. The summed E-state index contributed by atoms with van der Waals surface area (Å²) in [4.78, 5) is 14.9. The molecule has 5 heteroatoms. The summed E-state index contributed by atoms with van der Waals surface area (Å²) in [5, 5.41) is 9.88. The number of carbonyl (C=O) groups is 1. The van der Waals surface area contributed by atoms with Crippen LogP contribution in [-0.4, -0.2) is 48.3 Å². The van der Waals surface area contributed by atoms with Gasteiger partial charge in [0.15, 0.2) is 11.5 Å². The normalized spacial score (nSPS) is 12.0. The van der Waals surface area contributed by atoms with Gasteiger partial charge in [0.25, 0.3) is 0 Å². The number of likely N-dealkylation sites (N-methyl/N-ethyl adjacent to an activating group) is 1. The lowest BCUT2D eigenvalue weighted by Crippen LogP contribution is -2.40. The first-order valence-electron chi connectivity index (χ1n) is 9.99. The first-order chi connectivity index (χ1) is 13.6. The molecular weight excluding hydrogens is 354 g/mol. The topological polar surface area (TPSA) is 59.0 Å². The summed E-state index contributed by atoms with van der Waals surface area (Å²) < 4.78 is 11.1. The molecule has 28 heavy (non-hydrogen) atoms. The highest BCUT2D eigenvalue weighted by molar-refractivity contribution is 5.90. The van der Waals surface area contributed by atoms with E-state index in [1.807, 2.05) is 25.1 Å². The smallest absolute Gasteiger partial charge is 0.338 e. The van der Waals surface area contributed by atoms with Crippen molar-refractivity contribution in [2.45, 2.75) is 39.7 Å². The van der Waals surface area contributed by atoms with Gasteiger partial charge >= 0.3 is 5.97 Å². The average Bonchev–Trinajstić information content (AvgIpc) is 2.72. The van der Waals surface area contributed by atoms with Gasteiger partial charge in [-0.1, -0.05) is 51.1 Å². The van der Waals surface area contributed by atoms with Crippen LogP contribution < -0.4 is 4.74 Å². The predicted octanol–water partition coefficient (Wildman–Crippen LogP) is 4.29. The minimum absolute atomic E-state index is 0.0232. The Morgan fingerprint density at radius 3 is 2.43 bits per heavy atom. The standard InChI is InChI=1S/C23H31NO4/c1-4-14-27-22-16-19(12-13-21(22)25)23(26)28-17-20(24(5-2)6-3)15-18-10-8-7-9-11-18/h7-13,16,20,25H,4-6,14-15,17H2,1-3H3/t20-/m0/s1. The fourth-order valence-electron chi connectivity index (χ4n) is 3.14. The molecule has 152 valence electrons. The van der Waals surface area contributed by atoms with Crippen molar-refractivity contribution in [1.82, 2.24) is 4.90 Å². The van der Waals surface area contributed by atoms with Gasteiger partial charge in [-0.25, -0.2) is 4.79 Å². The van der Waals surface area contributed by atoms with Crippen LogP contribution in [0.25, 0.3) is 0 Å². The van der Waals surface area contributed by atoms with Crippen molar-refractivity contribution in [1.29, 1.82) is 0 Å². The molecule has 1 atom stereocenters. The van der Waals surface area contributed by atoms with E-state index in [4.69, 9.17) is 9.47 Å².